The minimum Gasteiger partial charge on any atom is -0.381 e. The molecule has 0 aromatic heterocycles. The zero-order chi connectivity index (χ0) is 10.8. The molecule has 0 aliphatic carbocycles. The van der Waals surface area contributed by atoms with Gasteiger partial charge in [-0.25, -0.2) is 0 Å². The van der Waals surface area contributed by atoms with Crippen LogP contribution in [-0.4, -0.2) is 13.2 Å². The first-order valence-corrected chi connectivity index (χ1v) is 5.69. The molecule has 2 atom stereocenters. The molecule has 0 bridgehead atoms. The van der Waals surface area contributed by atoms with Gasteiger partial charge in [0.15, 0.2) is 0 Å². The molecule has 82 valence electrons. The summed E-state index contributed by atoms with van der Waals surface area (Å²) < 4.78 is 5.36. The molecule has 1 aromatic rings. The Kier molecular flexibility index (Phi) is 3.29. The van der Waals surface area contributed by atoms with E-state index >= 15 is 0 Å². The Hall–Kier alpha value is -0.570. The van der Waals surface area contributed by atoms with Gasteiger partial charge in [-0.05, 0) is 30.5 Å². The second kappa shape index (κ2) is 4.52. The van der Waals surface area contributed by atoms with Crippen molar-refractivity contribution in [2.24, 2.45) is 5.73 Å². The van der Waals surface area contributed by atoms with Gasteiger partial charge in [0.1, 0.15) is 0 Å². The maximum Gasteiger partial charge on any atom is 0.0536 e. The Balaban J connectivity index is 2.25. The normalized spacial score (nSPS) is 23.0. The number of hydrogen-bond donors (Lipinski definition) is 1. The average Bonchev–Trinajstić information content (AvgIpc) is 2.70. The molecule has 0 amide bonds. The third kappa shape index (κ3) is 2.33. The lowest BCUT2D eigenvalue weighted by Crippen LogP contribution is -2.06. The first-order valence-electron chi connectivity index (χ1n) is 5.31. The average molecular weight is 226 g/mol. The summed E-state index contributed by atoms with van der Waals surface area (Å²) >= 11 is 6.24. The Morgan fingerprint density at radius 3 is 2.87 bits per heavy atom. The summed E-state index contributed by atoms with van der Waals surface area (Å²) in [4.78, 5) is 0. The first kappa shape index (κ1) is 10.9. The van der Waals surface area contributed by atoms with Crippen LogP contribution in [0.25, 0.3) is 0 Å². The lowest BCUT2D eigenvalue weighted by molar-refractivity contribution is 0.194. The molecule has 0 spiro atoms. The van der Waals surface area contributed by atoms with Gasteiger partial charge in [-0.15, -0.1) is 0 Å². The van der Waals surface area contributed by atoms with Gasteiger partial charge in [-0.1, -0.05) is 23.7 Å². The Bertz CT molecular complexity index is 345. The molecule has 15 heavy (non-hydrogen) atoms. The highest BCUT2D eigenvalue weighted by Crippen LogP contribution is 2.32. The largest absolute Gasteiger partial charge is 0.381 e. The SMILES string of the molecule is CC(N)c1ccc(C2CCOC2)c(Cl)c1. The van der Waals surface area contributed by atoms with Crippen LogP contribution in [0.1, 0.15) is 36.4 Å². The summed E-state index contributed by atoms with van der Waals surface area (Å²) in [6.07, 6.45) is 1.07. The molecule has 1 aromatic carbocycles. The van der Waals surface area contributed by atoms with Crippen molar-refractivity contribution in [3.63, 3.8) is 0 Å². The van der Waals surface area contributed by atoms with Gasteiger partial charge in [0.05, 0.1) is 6.61 Å². The minimum atomic E-state index is 0.0383. The predicted molar refractivity (Wildman–Crippen MR) is 62.2 cm³/mol. The van der Waals surface area contributed by atoms with Crippen LogP contribution < -0.4 is 5.73 Å². The molecule has 1 aliphatic heterocycles. The summed E-state index contributed by atoms with van der Waals surface area (Å²) in [6.45, 7) is 3.59. The Morgan fingerprint density at radius 1 is 1.53 bits per heavy atom. The summed E-state index contributed by atoms with van der Waals surface area (Å²) in [7, 11) is 0. The molecule has 1 fully saturated rings. The van der Waals surface area contributed by atoms with E-state index in [-0.39, 0.29) is 6.04 Å². The highest BCUT2D eigenvalue weighted by atomic mass is 35.5. The summed E-state index contributed by atoms with van der Waals surface area (Å²) in [6, 6.07) is 6.15. The molecule has 3 heteroatoms. The molecular formula is C12H16ClNO. The van der Waals surface area contributed by atoms with Crippen LogP contribution in [0.15, 0.2) is 18.2 Å². The summed E-state index contributed by atoms with van der Waals surface area (Å²) in [5.41, 5.74) is 8.08. The molecule has 2 nitrogen and oxygen atoms in total. The number of rotatable bonds is 2. The Labute approximate surface area is 95.4 Å². The van der Waals surface area contributed by atoms with E-state index in [2.05, 4.69) is 12.1 Å². The van der Waals surface area contributed by atoms with E-state index in [1.807, 2.05) is 13.0 Å². The molecule has 2 unspecified atom stereocenters. The monoisotopic (exact) mass is 225 g/mol. The first-order chi connectivity index (χ1) is 7.18. The zero-order valence-electron chi connectivity index (χ0n) is 8.87. The molecule has 1 heterocycles. The number of ether oxygens (including phenoxy) is 1. The van der Waals surface area contributed by atoms with Gasteiger partial charge in [0, 0.05) is 23.6 Å². The number of hydrogen-bond acceptors (Lipinski definition) is 2. The smallest absolute Gasteiger partial charge is 0.0536 e. The van der Waals surface area contributed by atoms with Gasteiger partial charge < -0.3 is 10.5 Å². The lowest BCUT2D eigenvalue weighted by atomic mass is 9.96. The highest BCUT2D eigenvalue weighted by molar-refractivity contribution is 6.31. The second-order valence-corrected chi connectivity index (χ2v) is 4.54. The Morgan fingerprint density at radius 2 is 2.33 bits per heavy atom. The molecule has 0 saturated carbocycles. The zero-order valence-corrected chi connectivity index (χ0v) is 9.63. The van der Waals surface area contributed by atoms with Crippen molar-refractivity contribution in [2.75, 3.05) is 13.2 Å². The third-order valence-corrected chi connectivity index (χ3v) is 3.25. The van der Waals surface area contributed by atoms with Crippen molar-refractivity contribution in [3.05, 3.63) is 34.3 Å². The predicted octanol–water partition coefficient (Wildman–Crippen LogP) is 2.86. The van der Waals surface area contributed by atoms with E-state index in [9.17, 15) is 0 Å². The minimum absolute atomic E-state index is 0.0383. The van der Waals surface area contributed by atoms with E-state index in [1.54, 1.807) is 0 Å². The van der Waals surface area contributed by atoms with Crippen LogP contribution in [-0.2, 0) is 4.74 Å². The molecule has 0 radical (unpaired) electrons. The van der Waals surface area contributed by atoms with Gasteiger partial charge in [0.2, 0.25) is 0 Å². The molecular weight excluding hydrogens is 210 g/mol. The third-order valence-electron chi connectivity index (χ3n) is 2.92. The number of nitrogens with two attached hydrogens (primary N) is 1. The summed E-state index contributed by atoms with van der Waals surface area (Å²) in [5.74, 6) is 0.458. The van der Waals surface area contributed by atoms with Crippen molar-refractivity contribution >= 4 is 11.6 Å². The van der Waals surface area contributed by atoms with Crippen LogP contribution in [0.4, 0.5) is 0 Å². The molecule has 2 N–H and O–H groups in total. The van der Waals surface area contributed by atoms with Crippen molar-refractivity contribution < 1.29 is 4.74 Å². The molecule has 1 aliphatic rings. The quantitative estimate of drug-likeness (QED) is 0.840. The van der Waals surface area contributed by atoms with E-state index in [4.69, 9.17) is 22.1 Å². The number of benzene rings is 1. The van der Waals surface area contributed by atoms with Crippen molar-refractivity contribution in [2.45, 2.75) is 25.3 Å². The van der Waals surface area contributed by atoms with Gasteiger partial charge in [-0.2, -0.15) is 0 Å². The van der Waals surface area contributed by atoms with Gasteiger partial charge >= 0.3 is 0 Å². The van der Waals surface area contributed by atoms with Crippen LogP contribution in [0.3, 0.4) is 0 Å². The van der Waals surface area contributed by atoms with Crippen molar-refractivity contribution in [1.82, 2.24) is 0 Å². The van der Waals surface area contributed by atoms with Crippen LogP contribution in [0.5, 0.6) is 0 Å². The van der Waals surface area contributed by atoms with E-state index in [0.717, 1.165) is 30.2 Å². The van der Waals surface area contributed by atoms with Crippen molar-refractivity contribution in [3.8, 4) is 0 Å². The standard InChI is InChI=1S/C12H16ClNO/c1-8(14)9-2-3-11(12(13)6-9)10-4-5-15-7-10/h2-3,6,8,10H,4-5,7,14H2,1H3. The fourth-order valence-electron chi connectivity index (χ4n) is 1.94. The maximum atomic E-state index is 6.24. The van der Waals surface area contributed by atoms with Crippen LogP contribution in [0.2, 0.25) is 5.02 Å². The number of halogens is 1. The summed E-state index contributed by atoms with van der Waals surface area (Å²) in [5, 5.41) is 0.820. The van der Waals surface area contributed by atoms with Gasteiger partial charge in [0.25, 0.3) is 0 Å². The van der Waals surface area contributed by atoms with Gasteiger partial charge in [-0.3, -0.25) is 0 Å². The second-order valence-electron chi connectivity index (χ2n) is 4.13. The topological polar surface area (TPSA) is 35.2 Å². The van der Waals surface area contributed by atoms with Crippen LogP contribution in [0, 0.1) is 0 Å². The fourth-order valence-corrected chi connectivity index (χ4v) is 2.28. The van der Waals surface area contributed by atoms with Crippen LogP contribution >= 0.6 is 11.6 Å². The maximum absolute atomic E-state index is 6.24. The van der Waals surface area contributed by atoms with Crippen molar-refractivity contribution in [1.29, 1.82) is 0 Å². The molecule has 1 saturated heterocycles. The lowest BCUT2D eigenvalue weighted by Gasteiger charge is -2.13. The molecule has 2 rings (SSSR count). The van der Waals surface area contributed by atoms with E-state index in [1.165, 1.54) is 5.56 Å². The highest BCUT2D eigenvalue weighted by Gasteiger charge is 2.20. The van der Waals surface area contributed by atoms with E-state index in [0.29, 0.717) is 5.92 Å². The fraction of sp³-hybridized carbons (Fsp3) is 0.500. The van der Waals surface area contributed by atoms with E-state index < -0.39 is 0 Å².